The number of aromatic nitrogens is 6. The lowest BCUT2D eigenvalue weighted by molar-refractivity contribution is 0.557. The highest BCUT2D eigenvalue weighted by atomic mass is 16.1. The maximum atomic E-state index is 10.8. The van der Waals surface area contributed by atoms with Crippen molar-refractivity contribution in [2.24, 2.45) is 0 Å². The zero-order valence-electron chi connectivity index (χ0n) is 6.35. The van der Waals surface area contributed by atoms with Gasteiger partial charge in [-0.2, -0.15) is 4.98 Å². The van der Waals surface area contributed by atoms with Crippen molar-refractivity contribution < 1.29 is 0 Å². The first kappa shape index (κ1) is 6.89. The molecule has 2 aliphatic heterocycles. The van der Waals surface area contributed by atoms with E-state index >= 15 is 0 Å². The Bertz CT molecular complexity index is 416. The Morgan fingerprint density at radius 1 is 1.58 bits per heavy atom. The molecule has 0 amide bonds. The Balaban J connectivity index is 2.76. The van der Waals surface area contributed by atoms with Crippen molar-refractivity contribution in [2.45, 2.75) is 13.5 Å². The molecule has 7 nitrogen and oxygen atoms in total. The molecule has 12 heavy (non-hydrogen) atoms. The molecule has 0 bridgehead atoms. The quantitative estimate of drug-likeness (QED) is 0.579. The summed E-state index contributed by atoms with van der Waals surface area (Å²) in [6, 6.07) is 0. The molecule has 0 atom stereocenters. The minimum atomic E-state index is -0.422. The average Bonchev–Trinajstić information content (AvgIpc) is 2.44. The summed E-state index contributed by atoms with van der Waals surface area (Å²) in [5, 5.41) is 10.7. The van der Waals surface area contributed by atoms with Gasteiger partial charge in [0.2, 0.25) is 11.6 Å². The first-order chi connectivity index (χ1) is 5.81. The van der Waals surface area contributed by atoms with Crippen molar-refractivity contribution >= 4 is 0 Å². The molecule has 2 rings (SSSR count). The monoisotopic (exact) mass is 166 g/mol. The lowest BCUT2D eigenvalue weighted by Crippen LogP contribution is -2.10. The first-order valence-electron chi connectivity index (χ1n) is 3.47. The van der Waals surface area contributed by atoms with Crippen LogP contribution in [0.4, 0.5) is 0 Å². The molecule has 2 aliphatic rings. The highest BCUT2D eigenvalue weighted by molar-refractivity contribution is 5.41. The maximum absolute atomic E-state index is 10.8. The van der Waals surface area contributed by atoms with Gasteiger partial charge >= 0.3 is 5.69 Å². The molecule has 0 aliphatic carbocycles. The summed E-state index contributed by atoms with van der Waals surface area (Å²) in [5.74, 6) is 0.814. The summed E-state index contributed by atoms with van der Waals surface area (Å²) in [6.07, 6.45) is 0. The summed E-state index contributed by atoms with van der Waals surface area (Å²) < 4.78 is 1.50. The summed E-state index contributed by atoms with van der Waals surface area (Å²) >= 11 is 0. The molecular weight excluding hydrogens is 160 g/mol. The summed E-state index contributed by atoms with van der Waals surface area (Å²) in [5.41, 5.74) is -0.422. The molecule has 0 aromatic heterocycles. The highest BCUT2D eigenvalue weighted by Gasteiger charge is 2.12. The van der Waals surface area contributed by atoms with E-state index in [9.17, 15) is 4.79 Å². The molecule has 0 saturated heterocycles. The van der Waals surface area contributed by atoms with Gasteiger partial charge in [-0.3, -0.25) is 4.98 Å². The summed E-state index contributed by atoms with van der Waals surface area (Å²) in [4.78, 5) is 16.9. The molecule has 0 unspecified atom stereocenters. The van der Waals surface area contributed by atoms with Crippen molar-refractivity contribution in [1.29, 1.82) is 0 Å². The van der Waals surface area contributed by atoms with E-state index in [2.05, 4.69) is 25.5 Å². The van der Waals surface area contributed by atoms with Crippen LogP contribution in [0.15, 0.2) is 4.79 Å². The smallest absolute Gasteiger partial charge is 0.286 e. The zero-order valence-corrected chi connectivity index (χ0v) is 6.35. The largest absolute Gasteiger partial charge is 0.348 e. The normalized spacial score (nSPS) is 10.8. The second-order valence-electron chi connectivity index (χ2n) is 2.21. The molecule has 7 heteroatoms. The molecule has 2 heterocycles. The molecule has 0 radical (unpaired) electrons. The lowest BCUT2D eigenvalue weighted by Gasteiger charge is -2.01. The molecule has 0 aromatic carbocycles. The van der Waals surface area contributed by atoms with Crippen molar-refractivity contribution in [3.05, 3.63) is 10.5 Å². The SMILES string of the molecule is CCn1nnnc2[nH]c(=O)nc1-2. The Kier molecular flexibility index (Phi) is 1.36. The average molecular weight is 166 g/mol. The van der Waals surface area contributed by atoms with Crippen LogP contribution in [-0.2, 0) is 6.54 Å². The molecule has 0 spiro atoms. The van der Waals surface area contributed by atoms with Crippen molar-refractivity contribution in [1.82, 2.24) is 30.2 Å². The number of aromatic amines is 1. The van der Waals surface area contributed by atoms with Crippen LogP contribution < -0.4 is 5.69 Å². The number of fused-ring (bicyclic) bond motifs is 1. The number of nitrogens with one attached hydrogen (secondary N) is 1. The number of nitrogens with zero attached hydrogens (tertiary/aromatic N) is 5. The fraction of sp³-hybridized carbons (Fsp3) is 0.400. The zero-order chi connectivity index (χ0) is 8.55. The lowest BCUT2D eigenvalue weighted by atomic mass is 10.5. The van der Waals surface area contributed by atoms with Gasteiger partial charge in [-0.25, -0.2) is 9.48 Å². The van der Waals surface area contributed by atoms with Gasteiger partial charge in [-0.1, -0.05) is 0 Å². The van der Waals surface area contributed by atoms with Gasteiger partial charge < -0.3 is 0 Å². The van der Waals surface area contributed by atoms with E-state index in [1.165, 1.54) is 4.68 Å². The molecule has 62 valence electrons. The van der Waals surface area contributed by atoms with Gasteiger partial charge in [0, 0.05) is 6.54 Å². The number of rotatable bonds is 1. The van der Waals surface area contributed by atoms with E-state index < -0.39 is 5.69 Å². The molecule has 1 N–H and O–H groups in total. The summed E-state index contributed by atoms with van der Waals surface area (Å²) in [6.45, 7) is 2.49. The Labute approximate surface area is 66.8 Å². The standard InChI is InChI=1S/C5H6N6O/c1-2-11-4-3(8-9-10-11)6-5(12)7-4/h2H2,1H3,(H,6,8,10,12). The predicted molar refractivity (Wildman–Crippen MR) is 38.5 cm³/mol. The number of hydrogen-bond acceptors (Lipinski definition) is 5. The van der Waals surface area contributed by atoms with Gasteiger partial charge in [0.1, 0.15) is 0 Å². The van der Waals surface area contributed by atoms with Gasteiger partial charge in [0.25, 0.3) is 0 Å². The number of aryl methyl sites for hydroxylation is 1. The van der Waals surface area contributed by atoms with Gasteiger partial charge in [-0.15, -0.1) is 5.10 Å². The number of H-pyrrole nitrogens is 1. The van der Waals surface area contributed by atoms with Crippen LogP contribution in [0.25, 0.3) is 11.6 Å². The minimum absolute atomic E-state index is 0.372. The number of hydrogen-bond donors (Lipinski definition) is 1. The topological polar surface area (TPSA) is 89.4 Å². The molecular formula is C5H6N6O. The Morgan fingerprint density at radius 3 is 3.17 bits per heavy atom. The van der Waals surface area contributed by atoms with Crippen LogP contribution in [-0.4, -0.2) is 30.2 Å². The van der Waals surface area contributed by atoms with Crippen LogP contribution in [0, 0.1) is 0 Å². The Morgan fingerprint density at radius 2 is 2.42 bits per heavy atom. The second kappa shape index (κ2) is 2.36. The van der Waals surface area contributed by atoms with E-state index in [1.54, 1.807) is 0 Å². The minimum Gasteiger partial charge on any atom is -0.286 e. The second-order valence-corrected chi connectivity index (χ2v) is 2.21. The van der Waals surface area contributed by atoms with Crippen LogP contribution >= 0.6 is 0 Å². The van der Waals surface area contributed by atoms with E-state index in [4.69, 9.17) is 0 Å². The van der Waals surface area contributed by atoms with Gasteiger partial charge in [0.15, 0.2) is 0 Å². The van der Waals surface area contributed by atoms with Crippen LogP contribution in [0.2, 0.25) is 0 Å². The Hall–Kier alpha value is -1.79. The summed E-state index contributed by atoms with van der Waals surface area (Å²) in [7, 11) is 0. The number of imidazole rings is 1. The van der Waals surface area contributed by atoms with E-state index in [0.29, 0.717) is 18.2 Å². The van der Waals surface area contributed by atoms with Gasteiger partial charge in [0.05, 0.1) is 0 Å². The third-order valence-corrected chi connectivity index (χ3v) is 1.48. The van der Waals surface area contributed by atoms with E-state index in [0.717, 1.165) is 0 Å². The van der Waals surface area contributed by atoms with Crippen molar-refractivity contribution in [3.63, 3.8) is 0 Å². The molecule has 0 saturated carbocycles. The first-order valence-corrected chi connectivity index (χ1v) is 3.47. The molecule has 0 aromatic rings. The maximum Gasteiger partial charge on any atom is 0.348 e. The molecule has 0 fully saturated rings. The predicted octanol–water partition coefficient (Wildman–Crippen LogP) is -1.12. The van der Waals surface area contributed by atoms with E-state index in [1.807, 2.05) is 6.92 Å². The van der Waals surface area contributed by atoms with E-state index in [-0.39, 0.29) is 0 Å². The fourth-order valence-electron chi connectivity index (χ4n) is 0.952. The van der Waals surface area contributed by atoms with Crippen LogP contribution in [0.3, 0.4) is 0 Å². The highest BCUT2D eigenvalue weighted by Crippen LogP contribution is 2.06. The van der Waals surface area contributed by atoms with Crippen LogP contribution in [0.1, 0.15) is 6.92 Å². The third-order valence-electron chi connectivity index (χ3n) is 1.48. The van der Waals surface area contributed by atoms with Crippen LogP contribution in [0.5, 0.6) is 0 Å². The fourth-order valence-corrected chi connectivity index (χ4v) is 0.952. The van der Waals surface area contributed by atoms with Gasteiger partial charge in [-0.05, 0) is 17.4 Å². The van der Waals surface area contributed by atoms with Crippen molar-refractivity contribution in [3.8, 4) is 11.6 Å². The van der Waals surface area contributed by atoms with Crippen molar-refractivity contribution in [2.75, 3.05) is 0 Å². The third kappa shape index (κ3) is 0.865.